The summed E-state index contributed by atoms with van der Waals surface area (Å²) in [5.41, 5.74) is 0.572. The highest BCUT2D eigenvalue weighted by Gasteiger charge is 2.22. The zero-order chi connectivity index (χ0) is 12.3. The average molecular weight is 255 g/mol. The maximum absolute atomic E-state index is 9.16. The Hall–Kier alpha value is -0.800. The minimum Gasteiger partial charge on any atom is -0.390 e. The molecule has 3 nitrogen and oxygen atoms in total. The number of pyridine rings is 1. The number of aliphatic hydroxyl groups excluding tert-OH is 1. The summed E-state index contributed by atoms with van der Waals surface area (Å²) in [5.74, 6) is 1.73. The molecular weight excluding hydrogens is 236 g/mol. The standard InChI is InChI=1S/C13H19ClN2O/c1-2-3-10-6-7-16(8-10)13-5-4-11(14)12(9-17)15-13/h4-5,10,17H,2-3,6-9H2,1H3. The second-order valence-electron chi connectivity index (χ2n) is 4.65. The van der Waals surface area contributed by atoms with Crippen LogP contribution in [0.5, 0.6) is 0 Å². The smallest absolute Gasteiger partial charge is 0.129 e. The lowest BCUT2D eigenvalue weighted by molar-refractivity contribution is 0.277. The van der Waals surface area contributed by atoms with Crippen LogP contribution in [0.2, 0.25) is 5.02 Å². The third-order valence-electron chi connectivity index (χ3n) is 3.36. The number of aromatic nitrogens is 1. The Bertz CT molecular complexity index is 384. The Morgan fingerprint density at radius 3 is 3.06 bits per heavy atom. The molecule has 1 aromatic rings. The van der Waals surface area contributed by atoms with E-state index in [2.05, 4.69) is 16.8 Å². The number of rotatable bonds is 4. The molecular formula is C13H19ClN2O. The molecule has 1 aromatic heterocycles. The predicted octanol–water partition coefficient (Wildman–Crippen LogP) is 2.85. The number of hydrogen-bond donors (Lipinski definition) is 1. The molecule has 1 fully saturated rings. The van der Waals surface area contributed by atoms with Gasteiger partial charge >= 0.3 is 0 Å². The molecule has 1 unspecified atom stereocenters. The number of hydrogen-bond acceptors (Lipinski definition) is 3. The molecule has 0 bridgehead atoms. The molecule has 2 rings (SSSR count). The molecule has 1 atom stereocenters. The minimum atomic E-state index is -0.0983. The number of anilines is 1. The van der Waals surface area contributed by atoms with Crippen molar-refractivity contribution in [1.29, 1.82) is 0 Å². The quantitative estimate of drug-likeness (QED) is 0.898. The van der Waals surface area contributed by atoms with E-state index in [1.807, 2.05) is 12.1 Å². The monoisotopic (exact) mass is 254 g/mol. The van der Waals surface area contributed by atoms with Gasteiger partial charge in [-0.15, -0.1) is 0 Å². The SMILES string of the molecule is CCCC1CCN(c2ccc(Cl)c(CO)n2)C1. The van der Waals surface area contributed by atoms with Gasteiger partial charge in [-0.3, -0.25) is 0 Å². The first-order valence-electron chi connectivity index (χ1n) is 6.25. The third-order valence-corrected chi connectivity index (χ3v) is 3.70. The molecule has 1 aliphatic rings. The normalized spacial score (nSPS) is 19.9. The molecule has 0 amide bonds. The second-order valence-corrected chi connectivity index (χ2v) is 5.05. The average Bonchev–Trinajstić information content (AvgIpc) is 2.79. The van der Waals surface area contributed by atoms with E-state index in [-0.39, 0.29) is 6.61 Å². The van der Waals surface area contributed by atoms with Crippen molar-refractivity contribution in [1.82, 2.24) is 4.98 Å². The van der Waals surface area contributed by atoms with Gasteiger partial charge in [0.05, 0.1) is 17.3 Å². The van der Waals surface area contributed by atoms with Gasteiger partial charge in [0, 0.05) is 13.1 Å². The van der Waals surface area contributed by atoms with Gasteiger partial charge in [0.1, 0.15) is 5.82 Å². The lowest BCUT2D eigenvalue weighted by Crippen LogP contribution is -2.21. The van der Waals surface area contributed by atoms with Crippen molar-refractivity contribution in [3.05, 3.63) is 22.8 Å². The van der Waals surface area contributed by atoms with Crippen LogP contribution in [0, 0.1) is 5.92 Å². The van der Waals surface area contributed by atoms with Crippen LogP contribution in [-0.4, -0.2) is 23.2 Å². The summed E-state index contributed by atoms with van der Waals surface area (Å²) >= 11 is 5.94. The molecule has 2 heterocycles. The van der Waals surface area contributed by atoms with Crippen molar-refractivity contribution in [2.24, 2.45) is 5.92 Å². The molecule has 1 N–H and O–H groups in total. The van der Waals surface area contributed by atoms with Crippen LogP contribution in [0.25, 0.3) is 0 Å². The van der Waals surface area contributed by atoms with Gasteiger partial charge in [0.15, 0.2) is 0 Å². The van der Waals surface area contributed by atoms with Crippen LogP contribution in [0.15, 0.2) is 12.1 Å². The van der Waals surface area contributed by atoms with E-state index in [4.69, 9.17) is 16.7 Å². The van der Waals surface area contributed by atoms with Gasteiger partial charge in [-0.2, -0.15) is 0 Å². The summed E-state index contributed by atoms with van der Waals surface area (Å²) in [4.78, 5) is 6.70. The fraction of sp³-hybridized carbons (Fsp3) is 0.615. The van der Waals surface area contributed by atoms with E-state index in [0.717, 1.165) is 24.8 Å². The van der Waals surface area contributed by atoms with Gasteiger partial charge in [0.2, 0.25) is 0 Å². The first-order valence-corrected chi connectivity index (χ1v) is 6.63. The van der Waals surface area contributed by atoms with Gasteiger partial charge < -0.3 is 10.0 Å². The van der Waals surface area contributed by atoms with E-state index in [9.17, 15) is 0 Å². The van der Waals surface area contributed by atoms with Gasteiger partial charge in [0.25, 0.3) is 0 Å². The Morgan fingerprint density at radius 1 is 1.53 bits per heavy atom. The lowest BCUT2D eigenvalue weighted by Gasteiger charge is -2.18. The highest BCUT2D eigenvalue weighted by molar-refractivity contribution is 6.31. The van der Waals surface area contributed by atoms with Crippen LogP contribution in [0.1, 0.15) is 31.9 Å². The summed E-state index contributed by atoms with van der Waals surface area (Å²) in [6.45, 7) is 4.27. The Balaban J connectivity index is 2.08. The van der Waals surface area contributed by atoms with Crippen molar-refractivity contribution in [2.45, 2.75) is 32.8 Å². The van der Waals surface area contributed by atoms with E-state index in [1.54, 1.807) is 0 Å². The Morgan fingerprint density at radius 2 is 2.35 bits per heavy atom. The van der Waals surface area contributed by atoms with Crippen LogP contribution < -0.4 is 4.90 Å². The van der Waals surface area contributed by atoms with Crippen LogP contribution in [0.4, 0.5) is 5.82 Å². The zero-order valence-electron chi connectivity index (χ0n) is 10.2. The van der Waals surface area contributed by atoms with Gasteiger partial charge in [-0.25, -0.2) is 4.98 Å². The number of halogens is 1. The van der Waals surface area contributed by atoms with Crippen molar-refractivity contribution in [3.8, 4) is 0 Å². The topological polar surface area (TPSA) is 36.4 Å². The summed E-state index contributed by atoms with van der Waals surface area (Å²) in [6, 6.07) is 3.76. The van der Waals surface area contributed by atoms with Crippen molar-refractivity contribution < 1.29 is 5.11 Å². The molecule has 0 aliphatic carbocycles. The molecule has 0 saturated carbocycles. The molecule has 94 valence electrons. The van der Waals surface area contributed by atoms with Crippen LogP contribution in [0.3, 0.4) is 0 Å². The highest BCUT2D eigenvalue weighted by Crippen LogP contribution is 2.26. The van der Waals surface area contributed by atoms with E-state index in [0.29, 0.717) is 10.7 Å². The maximum atomic E-state index is 9.16. The summed E-state index contributed by atoms with van der Waals surface area (Å²) < 4.78 is 0. The van der Waals surface area contributed by atoms with Gasteiger partial charge in [-0.05, 0) is 30.9 Å². The molecule has 4 heteroatoms. The van der Waals surface area contributed by atoms with Crippen molar-refractivity contribution in [2.75, 3.05) is 18.0 Å². The van der Waals surface area contributed by atoms with Crippen LogP contribution in [-0.2, 0) is 6.61 Å². The molecule has 0 spiro atoms. The second kappa shape index (κ2) is 5.69. The summed E-state index contributed by atoms with van der Waals surface area (Å²) in [7, 11) is 0. The third kappa shape index (κ3) is 2.90. The summed E-state index contributed by atoms with van der Waals surface area (Å²) in [6.07, 6.45) is 3.78. The Kier molecular flexibility index (Phi) is 4.24. The van der Waals surface area contributed by atoms with Crippen molar-refractivity contribution >= 4 is 17.4 Å². The van der Waals surface area contributed by atoms with Crippen LogP contribution >= 0.6 is 11.6 Å². The van der Waals surface area contributed by atoms with Crippen molar-refractivity contribution in [3.63, 3.8) is 0 Å². The molecule has 0 aromatic carbocycles. The lowest BCUT2D eigenvalue weighted by atomic mass is 10.0. The van der Waals surface area contributed by atoms with E-state index < -0.39 is 0 Å². The predicted molar refractivity (Wildman–Crippen MR) is 70.4 cm³/mol. The fourth-order valence-electron chi connectivity index (χ4n) is 2.44. The molecule has 17 heavy (non-hydrogen) atoms. The molecule has 1 aliphatic heterocycles. The number of aliphatic hydroxyl groups is 1. The highest BCUT2D eigenvalue weighted by atomic mass is 35.5. The first kappa shape index (κ1) is 12.7. The van der Waals surface area contributed by atoms with E-state index >= 15 is 0 Å². The Labute approximate surface area is 107 Å². The zero-order valence-corrected chi connectivity index (χ0v) is 11.0. The first-order chi connectivity index (χ1) is 8.24. The summed E-state index contributed by atoms with van der Waals surface area (Å²) in [5, 5.41) is 9.70. The molecule has 1 saturated heterocycles. The largest absolute Gasteiger partial charge is 0.390 e. The number of nitrogens with zero attached hydrogens (tertiary/aromatic N) is 2. The minimum absolute atomic E-state index is 0.0983. The maximum Gasteiger partial charge on any atom is 0.129 e. The van der Waals surface area contributed by atoms with Gasteiger partial charge in [-0.1, -0.05) is 24.9 Å². The van der Waals surface area contributed by atoms with E-state index in [1.165, 1.54) is 19.3 Å². The fourth-order valence-corrected chi connectivity index (χ4v) is 2.61. The molecule has 0 radical (unpaired) electrons.